The molecule has 1 amide bonds. The molecule has 5 rings (SSSR count). The summed E-state index contributed by atoms with van der Waals surface area (Å²) in [7, 11) is 1.91. The summed E-state index contributed by atoms with van der Waals surface area (Å²) in [6.45, 7) is 2.99. The maximum Gasteiger partial charge on any atom is 0.258 e. The molecule has 0 aromatic carbocycles. The average Bonchev–Trinajstić information content (AvgIpc) is 3.47. The number of carbonyl (C=O) groups is 1. The number of hydrogen-bond donors (Lipinski definition) is 2. The normalized spacial score (nSPS) is 29.9. The molecule has 10 heteroatoms. The smallest absolute Gasteiger partial charge is 0.258 e. The molecule has 4 heterocycles. The largest absolute Gasteiger partial charge is 0.352 e. The van der Waals surface area contributed by atoms with Crippen LogP contribution in [0.3, 0.4) is 0 Å². The summed E-state index contributed by atoms with van der Waals surface area (Å²) in [6, 6.07) is -0.364. The van der Waals surface area contributed by atoms with Crippen LogP contribution in [-0.2, 0) is 11.8 Å². The first kappa shape index (κ1) is 16.8. The zero-order valence-electron chi connectivity index (χ0n) is 15.2. The Morgan fingerprint density at radius 3 is 2.67 bits per heavy atom. The van der Waals surface area contributed by atoms with Crippen molar-refractivity contribution in [2.75, 3.05) is 31.1 Å². The molecule has 3 fully saturated rings. The van der Waals surface area contributed by atoms with Crippen molar-refractivity contribution in [3.05, 3.63) is 12.7 Å². The molecule has 1 aliphatic carbocycles. The highest BCUT2D eigenvalue weighted by Gasteiger charge is 2.46. The molecule has 0 spiro atoms. The van der Waals surface area contributed by atoms with Crippen molar-refractivity contribution in [3.63, 3.8) is 0 Å². The highest BCUT2D eigenvalue weighted by atomic mass is 19.1. The van der Waals surface area contributed by atoms with E-state index in [0.29, 0.717) is 0 Å². The number of nitrogens with one attached hydrogen (secondary N) is 2. The second-order valence-electron chi connectivity index (χ2n) is 7.59. The third-order valence-corrected chi connectivity index (χ3v) is 5.78. The molecule has 2 saturated heterocycles. The Morgan fingerprint density at radius 2 is 1.93 bits per heavy atom. The standard InChI is InChI=1S/C17H23FN8O/c1-24-9-21-13-14(24)19-8-20-15(13)25-4-6-26(7-5-25)17-22-12(10-2-3-10)11(18)16(27)23-17/h8-12,17,22H,2-7H2,1H3,(H,23,27). The monoisotopic (exact) mass is 374 g/mol. The van der Waals surface area contributed by atoms with Crippen LogP contribution in [0.25, 0.3) is 11.2 Å². The first-order chi connectivity index (χ1) is 13.1. The summed E-state index contributed by atoms with van der Waals surface area (Å²) in [5, 5.41) is 6.09. The van der Waals surface area contributed by atoms with Crippen molar-refractivity contribution >= 4 is 22.9 Å². The van der Waals surface area contributed by atoms with Gasteiger partial charge < -0.3 is 14.8 Å². The van der Waals surface area contributed by atoms with Crippen LogP contribution in [-0.4, -0.2) is 75.0 Å². The minimum Gasteiger partial charge on any atom is -0.352 e. The summed E-state index contributed by atoms with van der Waals surface area (Å²) in [4.78, 5) is 29.5. The number of anilines is 1. The molecule has 0 bridgehead atoms. The molecular weight excluding hydrogens is 351 g/mol. The lowest BCUT2D eigenvalue weighted by molar-refractivity contribution is -0.134. The van der Waals surface area contributed by atoms with Crippen LogP contribution in [0.5, 0.6) is 0 Å². The Balaban J connectivity index is 1.28. The van der Waals surface area contributed by atoms with Crippen LogP contribution < -0.4 is 15.5 Å². The number of rotatable bonds is 3. The predicted octanol–water partition coefficient (Wildman–Crippen LogP) is -0.395. The molecule has 3 atom stereocenters. The van der Waals surface area contributed by atoms with Crippen molar-refractivity contribution < 1.29 is 9.18 Å². The fraction of sp³-hybridized carbons (Fsp3) is 0.647. The number of aromatic nitrogens is 4. The van der Waals surface area contributed by atoms with Gasteiger partial charge in [-0.3, -0.25) is 15.0 Å². The molecule has 3 unspecified atom stereocenters. The lowest BCUT2D eigenvalue weighted by Crippen LogP contribution is -2.70. The minimum absolute atomic E-state index is 0.285. The van der Waals surface area contributed by atoms with Gasteiger partial charge in [-0.25, -0.2) is 19.3 Å². The van der Waals surface area contributed by atoms with Crippen molar-refractivity contribution in [2.24, 2.45) is 13.0 Å². The quantitative estimate of drug-likeness (QED) is 0.756. The molecule has 2 aromatic heterocycles. The number of amides is 1. The highest BCUT2D eigenvalue weighted by Crippen LogP contribution is 2.36. The van der Waals surface area contributed by atoms with Crippen LogP contribution in [0.15, 0.2) is 12.7 Å². The third kappa shape index (κ3) is 2.92. The average molecular weight is 374 g/mol. The van der Waals surface area contributed by atoms with Gasteiger partial charge in [-0.05, 0) is 18.8 Å². The fourth-order valence-electron chi connectivity index (χ4n) is 4.07. The Bertz CT molecular complexity index is 860. The summed E-state index contributed by atoms with van der Waals surface area (Å²) < 4.78 is 16.1. The maximum atomic E-state index is 14.2. The van der Waals surface area contributed by atoms with E-state index in [0.717, 1.165) is 56.0 Å². The van der Waals surface area contributed by atoms with Crippen molar-refractivity contribution in [1.29, 1.82) is 0 Å². The van der Waals surface area contributed by atoms with E-state index in [1.54, 1.807) is 12.7 Å². The van der Waals surface area contributed by atoms with Gasteiger partial charge >= 0.3 is 0 Å². The molecule has 144 valence electrons. The van der Waals surface area contributed by atoms with E-state index >= 15 is 0 Å². The van der Waals surface area contributed by atoms with E-state index < -0.39 is 12.1 Å². The van der Waals surface area contributed by atoms with Gasteiger partial charge in [0, 0.05) is 33.2 Å². The van der Waals surface area contributed by atoms with E-state index in [1.807, 2.05) is 11.6 Å². The van der Waals surface area contributed by atoms with Crippen molar-refractivity contribution in [3.8, 4) is 0 Å². The number of piperazine rings is 1. The number of imidazole rings is 1. The van der Waals surface area contributed by atoms with Crippen LogP contribution in [0.2, 0.25) is 0 Å². The number of hydrogen-bond acceptors (Lipinski definition) is 7. The number of carbonyl (C=O) groups excluding carboxylic acids is 1. The second kappa shape index (κ2) is 6.38. The third-order valence-electron chi connectivity index (χ3n) is 5.78. The van der Waals surface area contributed by atoms with E-state index in [4.69, 9.17) is 0 Å². The van der Waals surface area contributed by atoms with Gasteiger partial charge in [-0.1, -0.05) is 0 Å². The lowest BCUT2D eigenvalue weighted by atomic mass is 10.0. The first-order valence-electron chi connectivity index (χ1n) is 9.43. The van der Waals surface area contributed by atoms with Gasteiger partial charge in [0.25, 0.3) is 5.91 Å². The number of alkyl halides is 1. The SMILES string of the molecule is Cn1cnc2c(N3CCN(C4NC(=O)C(F)C(C5CC5)N4)CC3)ncnc21. The lowest BCUT2D eigenvalue weighted by Gasteiger charge is -2.44. The van der Waals surface area contributed by atoms with E-state index in [1.165, 1.54) is 0 Å². The number of fused-ring (bicyclic) bond motifs is 1. The van der Waals surface area contributed by atoms with E-state index in [2.05, 4.69) is 35.4 Å². The molecule has 2 aliphatic heterocycles. The van der Waals surface area contributed by atoms with Crippen LogP contribution in [0.1, 0.15) is 12.8 Å². The van der Waals surface area contributed by atoms with Gasteiger partial charge in [0.05, 0.1) is 12.4 Å². The summed E-state index contributed by atoms with van der Waals surface area (Å²) in [5.74, 6) is 0.623. The fourth-order valence-corrected chi connectivity index (χ4v) is 4.07. The van der Waals surface area contributed by atoms with Gasteiger partial charge in [-0.15, -0.1) is 0 Å². The zero-order valence-corrected chi connectivity index (χ0v) is 15.2. The van der Waals surface area contributed by atoms with Gasteiger partial charge in [0.1, 0.15) is 12.6 Å². The Kier molecular flexibility index (Phi) is 3.97. The van der Waals surface area contributed by atoms with Crippen LogP contribution in [0.4, 0.5) is 10.2 Å². The Labute approximate surface area is 155 Å². The predicted molar refractivity (Wildman–Crippen MR) is 96.6 cm³/mol. The second-order valence-corrected chi connectivity index (χ2v) is 7.59. The topological polar surface area (TPSA) is 91.2 Å². The van der Waals surface area contributed by atoms with Gasteiger partial charge in [-0.2, -0.15) is 0 Å². The number of nitrogens with zero attached hydrogens (tertiary/aromatic N) is 6. The molecular formula is C17H23FN8O. The number of aryl methyl sites for hydroxylation is 1. The first-order valence-corrected chi connectivity index (χ1v) is 9.43. The summed E-state index contributed by atoms with van der Waals surface area (Å²) in [6.07, 6.45) is 3.55. The highest BCUT2D eigenvalue weighted by molar-refractivity contribution is 5.83. The Morgan fingerprint density at radius 1 is 1.15 bits per heavy atom. The molecule has 3 aliphatic rings. The van der Waals surface area contributed by atoms with E-state index in [-0.39, 0.29) is 18.2 Å². The van der Waals surface area contributed by atoms with Gasteiger partial charge in [0.15, 0.2) is 23.2 Å². The molecule has 1 saturated carbocycles. The summed E-state index contributed by atoms with van der Waals surface area (Å²) in [5.41, 5.74) is 1.61. The Hall–Kier alpha value is -2.33. The minimum atomic E-state index is -1.45. The molecule has 9 nitrogen and oxygen atoms in total. The van der Waals surface area contributed by atoms with Crippen molar-refractivity contribution in [2.45, 2.75) is 31.3 Å². The molecule has 2 aromatic rings. The summed E-state index contributed by atoms with van der Waals surface area (Å²) >= 11 is 0. The van der Waals surface area contributed by atoms with Gasteiger partial charge in [0.2, 0.25) is 0 Å². The van der Waals surface area contributed by atoms with Crippen LogP contribution >= 0.6 is 0 Å². The zero-order chi connectivity index (χ0) is 18.5. The van der Waals surface area contributed by atoms with Crippen molar-refractivity contribution in [1.82, 2.24) is 35.1 Å². The van der Waals surface area contributed by atoms with Crippen LogP contribution in [0, 0.1) is 5.92 Å². The maximum absolute atomic E-state index is 14.2. The number of halogens is 1. The molecule has 2 N–H and O–H groups in total. The van der Waals surface area contributed by atoms with E-state index in [9.17, 15) is 9.18 Å². The molecule has 0 radical (unpaired) electrons. The molecule has 27 heavy (non-hydrogen) atoms.